The van der Waals surface area contributed by atoms with Gasteiger partial charge in [-0.05, 0) is 24.5 Å². The maximum atomic E-state index is 12.3. The van der Waals surface area contributed by atoms with E-state index >= 15 is 0 Å². The molecule has 0 spiro atoms. The first kappa shape index (κ1) is 13.0. The van der Waals surface area contributed by atoms with Crippen LogP contribution in [0.25, 0.3) is 0 Å². The molecule has 5 heteroatoms. The van der Waals surface area contributed by atoms with Crippen molar-refractivity contribution in [2.24, 2.45) is 5.41 Å². The van der Waals surface area contributed by atoms with Crippen LogP contribution in [0.1, 0.15) is 24.8 Å². The molecule has 1 aliphatic rings. The average molecular weight is 254 g/mol. The Morgan fingerprint density at radius 1 is 1.47 bits per heavy atom. The first-order valence-electron chi connectivity index (χ1n) is 6.18. The van der Waals surface area contributed by atoms with Crippen molar-refractivity contribution < 1.29 is 4.79 Å². The fourth-order valence-electron chi connectivity index (χ4n) is 1.95. The molecule has 0 unspecified atom stereocenters. The summed E-state index contributed by atoms with van der Waals surface area (Å²) >= 11 is 0. The number of rotatable bonds is 5. The number of hydrogen-bond donors (Lipinski definition) is 0. The zero-order chi connectivity index (χ0) is 13.7. The smallest absolute Gasteiger partial charge is 0.243 e. The molecule has 0 aromatic carbocycles. The van der Waals surface area contributed by atoms with E-state index in [0.29, 0.717) is 25.9 Å². The van der Waals surface area contributed by atoms with Crippen LogP contribution < -0.4 is 0 Å². The predicted octanol–water partition coefficient (Wildman–Crippen LogP) is 1.63. The molecule has 0 aliphatic heterocycles. The van der Waals surface area contributed by atoms with E-state index in [-0.39, 0.29) is 12.3 Å². The summed E-state index contributed by atoms with van der Waals surface area (Å²) in [4.78, 5) is 17.9. The molecule has 96 valence electrons. The van der Waals surface area contributed by atoms with E-state index in [2.05, 4.69) is 11.1 Å². The van der Waals surface area contributed by atoms with Gasteiger partial charge in [-0.1, -0.05) is 6.07 Å². The van der Waals surface area contributed by atoms with Gasteiger partial charge < -0.3 is 4.90 Å². The molecule has 1 amide bonds. The van der Waals surface area contributed by atoms with Crippen molar-refractivity contribution in [2.45, 2.75) is 25.8 Å². The minimum absolute atomic E-state index is 0.158. The van der Waals surface area contributed by atoms with Crippen LogP contribution in [0.4, 0.5) is 0 Å². The maximum absolute atomic E-state index is 12.3. The van der Waals surface area contributed by atoms with Crippen LogP contribution in [0.15, 0.2) is 24.5 Å². The van der Waals surface area contributed by atoms with Crippen LogP contribution in [0.3, 0.4) is 0 Å². The molecule has 0 bridgehead atoms. The van der Waals surface area contributed by atoms with Crippen molar-refractivity contribution in [3.8, 4) is 12.1 Å². The van der Waals surface area contributed by atoms with Gasteiger partial charge in [0.2, 0.25) is 5.91 Å². The highest BCUT2D eigenvalue weighted by Crippen LogP contribution is 2.46. The highest BCUT2D eigenvalue weighted by atomic mass is 16.2. The van der Waals surface area contributed by atoms with Gasteiger partial charge >= 0.3 is 0 Å². The number of carbonyl (C=O) groups is 1. The Bertz CT molecular complexity index is 537. The zero-order valence-corrected chi connectivity index (χ0v) is 10.5. The Morgan fingerprint density at radius 2 is 2.26 bits per heavy atom. The summed E-state index contributed by atoms with van der Waals surface area (Å²) in [5.74, 6) is -0.158. The van der Waals surface area contributed by atoms with Crippen molar-refractivity contribution >= 4 is 5.91 Å². The molecule has 1 saturated carbocycles. The normalized spacial score (nSPS) is 15.1. The van der Waals surface area contributed by atoms with E-state index in [1.165, 1.54) is 0 Å². The Hall–Kier alpha value is -2.40. The number of nitriles is 2. The van der Waals surface area contributed by atoms with E-state index in [0.717, 1.165) is 5.56 Å². The fraction of sp³-hybridized carbons (Fsp3) is 0.429. The molecule has 1 aliphatic carbocycles. The van der Waals surface area contributed by atoms with Crippen LogP contribution in [0, 0.1) is 28.1 Å². The van der Waals surface area contributed by atoms with E-state index < -0.39 is 5.41 Å². The molecule has 1 aromatic rings. The third-order valence-corrected chi connectivity index (χ3v) is 3.25. The van der Waals surface area contributed by atoms with Gasteiger partial charge in [0.25, 0.3) is 0 Å². The average Bonchev–Trinajstić information content (AvgIpc) is 3.25. The summed E-state index contributed by atoms with van der Waals surface area (Å²) in [6.07, 6.45) is 4.88. The monoisotopic (exact) mass is 254 g/mol. The van der Waals surface area contributed by atoms with Crippen molar-refractivity contribution in [1.29, 1.82) is 10.5 Å². The second-order valence-electron chi connectivity index (χ2n) is 4.69. The lowest BCUT2D eigenvalue weighted by molar-refractivity contribution is -0.135. The molecule has 1 aromatic heterocycles. The first-order valence-corrected chi connectivity index (χ1v) is 6.18. The topological polar surface area (TPSA) is 80.8 Å². The summed E-state index contributed by atoms with van der Waals surface area (Å²) < 4.78 is 0. The number of nitrogens with zero attached hydrogens (tertiary/aromatic N) is 4. The van der Waals surface area contributed by atoms with Gasteiger partial charge in [-0.2, -0.15) is 10.5 Å². The van der Waals surface area contributed by atoms with E-state index in [9.17, 15) is 4.79 Å². The lowest BCUT2D eigenvalue weighted by atomic mass is 10.1. The van der Waals surface area contributed by atoms with Gasteiger partial charge in [0.15, 0.2) is 0 Å². The lowest BCUT2D eigenvalue weighted by Gasteiger charge is -2.23. The summed E-state index contributed by atoms with van der Waals surface area (Å²) in [5.41, 5.74) is 0.0695. The number of pyridine rings is 1. The summed E-state index contributed by atoms with van der Waals surface area (Å²) in [6.45, 7) is 0.755. The molecule has 5 nitrogen and oxygen atoms in total. The van der Waals surface area contributed by atoms with Crippen LogP contribution in [-0.2, 0) is 11.3 Å². The Morgan fingerprint density at radius 3 is 2.79 bits per heavy atom. The van der Waals surface area contributed by atoms with E-state index in [1.54, 1.807) is 23.4 Å². The van der Waals surface area contributed by atoms with Crippen molar-refractivity contribution in [1.82, 2.24) is 9.88 Å². The third-order valence-electron chi connectivity index (χ3n) is 3.25. The summed E-state index contributed by atoms with van der Waals surface area (Å²) in [7, 11) is 0. The highest BCUT2D eigenvalue weighted by Gasteiger charge is 2.52. The largest absolute Gasteiger partial charge is 0.336 e. The van der Waals surface area contributed by atoms with Crippen LogP contribution >= 0.6 is 0 Å². The summed E-state index contributed by atoms with van der Waals surface area (Å²) in [5, 5.41) is 17.8. The molecule has 0 saturated heterocycles. The molecule has 0 atom stereocenters. The number of hydrogen-bond acceptors (Lipinski definition) is 4. The van der Waals surface area contributed by atoms with E-state index in [1.807, 2.05) is 12.1 Å². The van der Waals surface area contributed by atoms with Crippen LogP contribution in [-0.4, -0.2) is 22.3 Å². The second kappa shape index (κ2) is 5.49. The van der Waals surface area contributed by atoms with Gasteiger partial charge in [-0.3, -0.25) is 9.78 Å². The molecule has 1 heterocycles. The first-order chi connectivity index (χ1) is 9.22. The predicted molar refractivity (Wildman–Crippen MR) is 67.2 cm³/mol. The minimum atomic E-state index is -0.836. The quantitative estimate of drug-likeness (QED) is 0.799. The fourth-order valence-corrected chi connectivity index (χ4v) is 1.95. The van der Waals surface area contributed by atoms with Gasteiger partial charge in [0.05, 0.1) is 18.6 Å². The summed E-state index contributed by atoms with van der Waals surface area (Å²) in [6, 6.07) is 7.83. The molecule has 0 N–H and O–H groups in total. The number of amides is 1. The lowest BCUT2D eigenvalue weighted by Crippen LogP contribution is -2.37. The second-order valence-corrected chi connectivity index (χ2v) is 4.69. The molecule has 2 rings (SSSR count). The number of aromatic nitrogens is 1. The van der Waals surface area contributed by atoms with Gasteiger partial charge in [0.1, 0.15) is 5.41 Å². The van der Waals surface area contributed by atoms with E-state index in [4.69, 9.17) is 10.5 Å². The van der Waals surface area contributed by atoms with Gasteiger partial charge in [-0.25, -0.2) is 0 Å². The Labute approximate surface area is 112 Å². The zero-order valence-electron chi connectivity index (χ0n) is 10.5. The van der Waals surface area contributed by atoms with Crippen molar-refractivity contribution in [3.63, 3.8) is 0 Å². The SMILES string of the molecule is N#CCCN(Cc1cccnc1)C(=O)C1(C#N)CC1. The molecular weight excluding hydrogens is 240 g/mol. The standard InChI is InChI=1S/C14H14N4O/c15-6-2-8-18(10-12-3-1-7-17-9-12)13(19)14(11-16)4-5-14/h1,3,7,9H,2,4-5,8,10H2. The van der Waals surface area contributed by atoms with Gasteiger partial charge in [0, 0.05) is 25.5 Å². The Balaban J connectivity index is 2.11. The number of carbonyl (C=O) groups excluding carboxylic acids is 1. The van der Waals surface area contributed by atoms with Crippen LogP contribution in [0.5, 0.6) is 0 Å². The van der Waals surface area contributed by atoms with Crippen LogP contribution in [0.2, 0.25) is 0 Å². The highest BCUT2D eigenvalue weighted by molar-refractivity contribution is 5.88. The molecule has 0 radical (unpaired) electrons. The minimum Gasteiger partial charge on any atom is -0.336 e. The van der Waals surface area contributed by atoms with Gasteiger partial charge in [-0.15, -0.1) is 0 Å². The van der Waals surface area contributed by atoms with Crippen molar-refractivity contribution in [2.75, 3.05) is 6.54 Å². The third kappa shape index (κ3) is 2.89. The molecular formula is C14H14N4O. The Kier molecular flexibility index (Phi) is 3.77. The maximum Gasteiger partial charge on any atom is 0.243 e. The molecule has 19 heavy (non-hydrogen) atoms. The molecule has 1 fully saturated rings. The van der Waals surface area contributed by atoms with Crippen molar-refractivity contribution in [3.05, 3.63) is 30.1 Å².